The van der Waals surface area contributed by atoms with Gasteiger partial charge in [0, 0.05) is 12.6 Å². The van der Waals surface area contributed by atoms with Crippen LogP contribution in [0.1, 0.15) is 32.2 Å². The van der Waals surface area contributed by atoms with Crippen LogP contribution in [0.25, 0.3) is 17.0 Å². The van der Waals surface area contributed by atoms with Gasteiger partial charge < -0.3 is 4.74 Å². The molecule has 0 fully saturated rings. The highest BCUT2D eigenvalue weighted by Gasteiger charge is 2.23. The highest BCUT2D eigenvalue weighted by atomic mass is 19.1. The number of fused-ring (bicyclic) bond motifs is 1. The fraction of sp³-hybridized carbons (Fsp3) is 0.300. The number of aryl methyl sites for hydroxylation is 1. The summed E-state index contributed by atoms with van der Waals surface area (Å²) in [5, 5.41) is 12.3. The fourth-order valence-electron chi connectivity index (χ4n) is 3.06. The Morgan fingerprint density at radius 3 is 2.59 bits per heavy atom. The van der Waals surface area contributed by atoms with Crippen molar-refractivity contribution in [1.29, 1.82) is 0 Å². The van der Waals surface area contributed by atoms with E-state index in [1.807, 2.05) is 6.07 Å². The minimum absolute atomic E-state index is 0.0280. The number of halogens is 2. The van der Waals surface area contributed by atoms with Crippen LogP contribution in [0, 0.1) is 11.6 Å². The molecule has 0 saturated heterocycles. The maximum Gasteiger partial charge on any atom is 0.171 e. The average molecular weight is 398 g/mol. The van der Waals surface area contributed by atoms with E-state index in [1.54, 1.807) is 22.3 Å². The summed E-state index contributed by atoms with van der Waals surface area (Å²) in [7, 11) is 1.78. The summed E-state index contributed by atoms with van der Waals surface area (Å²) in [5.41, 5.74) is 1.21. The summed E-state index contributed by atoms with van der Waals surface area (Å²) < 4.78 is 37.3. The van der Waals surface area contributed by atoms with E-state index < -0.39 is 11.6 Å². The topological polar surface area (TPSA) is 70.1 Å². The van der Waals surface area contributed by atoms with Gasteiger partial charge in [0.05, 0.1) is 11.8 Å². The van der Waals surface area contributed by atoms with E-state index in [-0.39, 0.29) is 23.4 Å². The Bertz CT molecular complexity index is 1190. The highest BCUT2D eigenvalue weighted by Crippen LogP contribution is 2.34. The van der Waals surface area contributed by atoms with Crippen LogP contribution in [0.3, 0.4) is 0 Å². The fourth-order valence-corrected chi connectivity index (χ4v) is 3.06. The SMILES string of the molecule is Cn1ncnc1COc1cn2c(-c3cc(F)ccc3F)nnc2cc1C(C)(C)C. The van der Waals surface area contributed by atoms with Crippen LogP contribution < -0.4 is 4.74 Å². The van der Waals surface area contributed by atoms with Crippen molar-refractivity contribution in [1.82, 2.24) is 29.4 Å². The van der Waals surface area contributed by atoms with Crippen molar-refractivity contribution >= 4 is 5.65 Å². The van der Waals surface area contributed by atoms with Gasteiger partial charge in [0.2, 0.25) is 0 Å². The normalized spacial score (nSPS) is 11.9. The van der Waals surface area contributed by atoms with Gasteiger partial charge in [0.15, 0.2) is 17.3 Å². The first-order valence-corrected chi connectivity index (χ1v) is 9.04. The lowest BCUT2D eigenvalue weighted by Gasteiger charge is -2.23. The van der Waals surface area contributed by atoms with E-state index in [1.165, 1.54) is 6.33 Å². The standard InChI is InChI=1S/C20H20F2N6O/c1-20(2,3)14-8-17-25-26-19(13-7-12(21)5-6-15(13)22)28(17)9-16(14)29-10-18-23-11-24-27(18)4/h5-9,11H,10H2,1-4H3. The minimum Gasteiger partial charge on any atom is -0.484 e. The zero-order valence-corrected chi connectivity index (χ0v) is 16.5. The zero-order valence-electron chi connectivity index (χ0n) is 16.5. The number of nitrogens with zero attached hydrogens (tertiary/aromatic N) is 6. The van der Waals surface area contributed by atoms with Crippen molar-refractivity contribution in [2.45, 2.75) is 32.8 Å². The number of hydrogen-bond donors (Lipinski definition) is 0. The molecule has 0 aliphatic rings. The van der Waals surface area contributed by atoms with Crippen LogP contribution in [0.15, 0.2) is 36.8 Å². The predicted molar refractivity (Wildman–Crippen MR) is 102 cm³/mol. The molecule has 0 saturated carbocycles. The Labute approximate surface area is 166 Å². The van der Waals surface area contributed by atoms with Crippen LogP contribution in [-0.2, 0) is 19.1 Å². The second-order valence-corrected chi connectivity index (χ2v) is 7.77. The first-order chi connectivity index (χ1) is 13.7. The summed E-state index contributed by atoms with van der Waals surface area (Å²) in [4.78, 5) is 4.17. The number of rotatable bonds is 4. The summed E-state index contributed by atoms with van der Waals surface area (Å²) in [6.45, 7) is 6.36. The van der Waals surface area contributed by atoms with Gasteiger partial charge in [-0.15, -0.1) is 10.2 Å². The van der Waals surface area contributed by atoms with Crippen LogP contribution in [-0.4, -0.2) is 29.4 Å². The Morgan fingerprint density at radius 2 is 1.90 bits per heavy atom. The van der Waals surface area contributed by atoms with Gasteiger partial charge in [-0.1, -0.05) is 20.8 Å². The van der Waals surface area contributed by atoms with Gasteiger partial charge in [0.25, 0.3) is 0 Å². The molecular weight excluding hydrogens is 378 g/mol. The molecule has 0 bridgehead atoms. The number of pyridine rings is 1. The maximum atomic E-state index is 14.3. The molecule has 0 aliphatic heterocycles. The molecule has 0 radical (unpaired) electrons. The predicted octanol–water partition coefficient (Wildman–Crippen LogP) is 3.68. The highest BCUT2D eigenvalue weighted by molar-refractivity contribution is 5.62. The van der Waals surface area contributed by atoms with Gasteiger partial charge in [-0.2, -0.15) is 5.10 Å². The second-order valence-electron chi connectivity index (χ2n) is 7.77. The van der Waals surface area contributed by atoms with E-state index in [9.17, 15) is 8.78 Å². The van der Waals surface area contributed by atoms with Gasteiger partial charge in [0.1, 0.15) is 30.3 Å². The monoisotopic (exact) mass is 398 g/mol. The molecule has 0 amide bonds. The third-order valence-electron chi connectivity index (χ3n) is 4.65. The molecule has 0 atom stereocenters. The Morgan fingerprint density at radius 1 is 1.10 bits per heavy atom. The molecule has 0 N–H and O–H groups in total. The quantitative estimate of drug-likeness (QED) is 0.525. The third-order valence-corrected chi connectivity index (χ3v) is 4.65. The third kappa shape index (κ3) is 3.55. The summed E-state index contributed by atoms with van der Waals surface area (Å²) in [6, 6.07) is 5.08. The molecule has 4 aromatic rings. The van der Waals surface area contributed by atoms with E-state index in [0.29, 0.717) is 17.2 Å². The lowest BCUT2D eigenvalue weighted by molar-refractivity contribution is 0.281. The van der Waals surface area contributed by atoms with Gasteiger partial charge in [-0.25, -0.2) is 13.8 Å². The summed E-state index contributed by atoms with van der Waals surface area (Å²) >= 11 is 0. The zero-order chi connectivity index (χ0) is 20.8. The molecular formula is C20H20F2N6O. The lowest BCUT2D eigenvalue weighted by Crippen LogP contribution is -2.15. The molecule has 150 valence electrons. The van der Waals surface area contributed by atoms with Crippen molar-refractivity contribution in [3.8, 4) is 17.1 Å². The van der Waals surface area contributed by atoms with Gasteiger partial charge >= 0.3 is 0 Å². The van der Waals surface area contributed by atoms with Crippen molar-refractivity contribution in [2.24, 2.45) is 7.05 Å². The lowest BCUT2D eigenvalue weighted by atomic mass is 9.87. The van der Waals surface area contributed by atoms with E-state index in [0.717, 1.165) is 23.8 Å². The first-order valence-electron chi connectivity index (χ1n) is 9.04. The molecule has 0 aliphatic carbocycles. The van der Waals surface area contributed by atoms with Crippen LogP contribution in [0.4, 0.5) is 8.78 Å². The largest absolute Gasteiger partial charge is 0.484 e. The van der Waals surface area contributed by atoms with E-state index in [2.05, 4.69) is 41.1 Å². The molecule has 1 aromatic carbocycles. The molecule has 3 aromatic heterocycles. The number of benzene rings is 1. The van der Waals surface area contributed by atoms with Crippen molar-refractivity contribution in [2.75, 3.05) is 0 Å². The van der Waals surface area contributed by atoms with E-state index >= 15 is 0 Å². The van der Waals surface area contributed by atoms with Crippen molar-refractivity contribution in [3.05, 3.63) is 59.8 Å². The van der Waals surface area contributed by atoms with Crippen molar-refractivity contribution in [3.63, 3.8) is 0 Å². The Balaban J connectivity index is 1.84. The Kier molecular flexibility index (Phi) is 4.52. The number of hydrogen-bond acceptors (Lipinski definition) is 5. The van der Waals surface area contributed by atoms with Gasteiger partial charge in [-0.05, 0) is 29.7 Å². The molecule has 9 heteroatoms. The Hall–Kier alpha value is -3.36. The van der Waals surface area contributed by atoms with E-state index in [4.69, 9.17) is 4.74 Å². The summed E-state index contributed by atoms with van der Waals surface area (Å²) in [5.74, 6) is 0.294. The van der Waals surface area contributed by atoms with Gasteiger partial charge in [-0.3, -0.25) is 9.08 Å². The molecule has 29 heavy (non-hydrogen) atoms. The smallest absolute Gasteiger partial charge is 0.171 e. The average Bonchev–Trinajstić information content (AvgIpc) is 3.26. The molecule has 4 rings (SSSR count). The second kappa shape index (κ2) is 6.91. The number of aromatic nitrogens is 6. The molecule has 7 nitrogen and oxygen atoms in total. The van der Waals surface area contributed by atoms with Crippen LogP contribution in [0.5, 0.6) is 5.75 Å². The minimum atomic E-state index is -0.581. The van der Waals surface area contributed by atoms with Crippen molar-refractivity contribution < 1.29 is 13.5 Å². The molecule has 0 unspecified atom stereocenters. The maximum absolute atomic E-state index is 14.3. The number of ether oxygens (including phenoxy) is 1. The molecule has 0 spiro atoms. The summed E-state index contributed by atoms with van der Waals surface area (Å²) in [6.07, 6.45) is 3.16. The molecule has 3 heterocycles. The van der Waals surface area contributed by atoms with Crippen LogP contribution >= 0.6 is 0 Å². The first kappa shape index (κ1) is 19.0. The van der Waals surface area contributed by atoms with Crippen LogP contribution in [0.2, 0.25) is 0 Å².